The van der Waals surface area contributed by atoms with Gasteiger partial charge in [0.25, 0.3) is 0 Å². The SMILES string of the molecule is CCCO[C@H]1CC[C@H]2[C@@H]3CCc4cc(O)ccc4[C@H]3CC[C@]12C. The summed E-state index contributed by atoms with van der Waals surface area (Å²) < 4.78 is 6.26. The fourth-order valence-electron chi connectivity index (χ4n) is 6.05. The number of benzene rings is 1. The molecule has 3 aliphatic carbocycles. The third-order valence-electron chi connectivity index (χ3n) is 7.15. The molecule has 0 amide bonds. The molecule has 0 radical (unpaired) electrons. The molecule has 2 heteroatoms. The van der Waals surface area contributed by atoms with Gasteiger partial charge in [0, 0.05) is 6.61 Å². The van der Waals surface area contributed by atoms with Gasteiger partial charge in [-0.15, -0.1) is 0 Å². The summed E-state index contributed by atoms with van der Waals surface area (Å²) in [5.41, 5.74) is 3.32. The van der Waals surface area contributed by atoms with Crippen LogP contribution in [0.25, 0.3) is 0 Å². The Morgan fingerprint density at radius 2 is 2.09 bits per heavy atom. The van der Waals surface area contributed by atoms with Crippen LogP contribution in [-0.4, -0.2) is 17.8 Å². The summed E-state index contributed by atoms with van der Waals surface area (Å²) in [4.78, 5) is 0. The van der Waals surface area contributed by atoms with Gasteiger partial charge in [0.1, 0.15) is 5.75 Å². The van der Waals surface area contributed by atoms with E-state index in [1.807, 2.05) is 12.1 Å². The number of phenols is 1. The van der Waals surface area contributed by atoms with Gasteiger partial charge in [0.2, 0.25) is 0 Å². The molecule has 5 atom stereocenters. The van der Waals surface area contributed by atoms with E-state index in [4.69, 9.17) is 4.74 Å². The van der Waals surface area contributed by atoms with Crippen molar-refractivity contribution in [2.75, 3.05) is 6.61 Å². The number of hydrogen-bond acceptors (Lipinski definition) is 2. The minimum Gasteiger partial charge on any atom is -0.508 e. The number of aryl methyl sites for hydroxylation is 1. The molecule has 2 nitrogen and oxygen atoms in total. The normalized spacial score (nSPS) is 38.7. The maximum Gasteiger partial charge on any atom is 0.115 e. The van der Waals surface area contributed by atoms with E-state index in [9.17, 15) is 5.11 Å². The Hall–Kier alpha value is -1.02. The Labute approximate surface area is 140 Å². The molecule has 1 aromatic rings. The predicted octanol–water partition coefficient (Wildman–Crippen LogP) is 5.04. The Bertz CT molecular complexity index is 581. The van der Waals surface area contributed by atoms with Gasteiger partial charge in [-0.25, -0.2) is 0 Å². The molecule has 0 aromatic heterocycles. The Balaban J connectivity index is 1.59. The molecular weight excluding hydrogens is 284 g/mol. The maximum absolute atomic E-state index is 9.78. The third-order valence-corrected chi connectivity index (χ3v) is 7.15. The molecule has 0 bridgehead atoms. The van der Waals surface area contributed by atoms with Crippen LogP contribution in [0, 0.1) is 17.3 Å². The first-order valence-corrected chi connectivity index (χ1v) is 9.57. The highest BCUT2D eigenvalue weighted by Crippen LogP contribution is 2.61. The fourth-order valence-corrected chi connectivity index (χ4v) is 6.05. The van der Waals surface area contributed by atoms with E-state index < -0.39 is 0 Å². The summed E-state index contributed by atoms with van der Waals surface area (Å²) in [5.74, 6) is 2.78. The summed E-state index contributed by atoms with van der Waals surface area (Å²) in [6.07, 6.45) is 9.23. The van der Waals surface area contributed by atoms with Gasteiger partial charge in [-0.2, -0.15) is 0 Å². The van der Waals surface area contributed by atoms with E-state index in [1.54, 1.807) is 0 Å². The standard InChI is InChI=1S/C21H30O2/c1-3-12-23-20-9-8-19-18-6-4-14-13-15(22)5-7-16(14)17(18)10-11-21(19,20)2/h5,7,13,17-20,22H,3-4,6,8-12H2,1-2H3/t17-,18-,19+,20+,21+/m1/s1. The van der Waals surface area contributed by atoms with Crippen molar-refractivity contribution < 1.29 is 9.84 Å². The van der Waals surface area contributed by atoms with Gasteiger partial charge in [-0.3, -0.25) is 0 Å². The average molecular weight is 314 g/mol. The van der Waals surface area contributed by atoms with Crippen molar-refractivity contribution in [3.05, 3.63) is 29.3 Å². The van der Waals surface area contributed by atoms with Gasteiger partial charge in [-0.1, -0.05) is 19.9 Å². The number of ether oxygens (including phenoxy) is 1. The van der Waals surface area contributed by atoms with Crippen molar-refractivity contribution in [3.8, 4) is 5.75 Å². The fraction of sp³-hybridized carbons (Fsp3) is 0.714. The average Bonchev–Trinajstić information content (AvgIpc) is 2.89. The summed E-state index contributed by atoms with van der Waals surface area (Å²) in [6.45, 7) is 5.63. The number of hydrogen-bond donors (Lipinski definition) is 1. The first-order chi connectivity index (χ1) is 11.1. The highest BCUT2D eigenvalue weighted by atomic mass is 16.5. The van der Waals surface area contributed by atoms with Crippen LogP contribution in [0.4, 0.5) is 0 Å². The Morgan fingerprint density at radius 3 is 2.91 bits per heavy atom. The second kappa shape index (κ2) is 5.81. The first kappa shape index (κ1) is 15.5. The molecule has 1 N–H and O–H groups in total. The number of aromatic hydroxyl groups is 1. The molecule has 0 aliphatic heterocycles. The second-order valence-corrected chi connectivity index (χ2v) is 8.28. The van der Waals surface area contributed by atoms with Crippen LogP contribution in [0.5, 0.6) is 5.75 Å². The lowest BCUT2D eigenvalue weighted by Crippen LogP contribution is -2.44. The van der Waals surface area contributed by atoms with Crippen molar-refractivity contribution in [3.63, 3.8) is 0 Å². The zero-order chi connectivity index (χ0) is 16.0. The van der Waals surface area contributed by atoms with Crippen LogP contribution >= 0.6 is 0 Å². The zero-order valence-electron chi connectivity index (χ0n) is 14.6. The summed E-state index contributed by atoms with van der Waals surface area (Å²) in [7, 11) is 0. The predicted molar refractivity (Wildman–Crippen MR) is 92.8 cm³/mol. The molecule has 23 heavy (non-hydrogen) atoms. The maximum atomic E-state index is 9.78. The van der Waals surface area contributed by atoms with Crippen LogP contribution in [0.15, 0.2) is 18.2 Å². The van der Waals surface area contributed by atoms with E-state index in [0.717, 1.165) is 31.3 Å². The molecule has 2 saturated carbocycles. The van der Waals surface area contributed by atoms with E-state index in [0.29, 0.717) is 23.2 Å². The molecule has 0 saturated heterocycles. The number of fused-ring (bicyclic) bond motifs is 5. The molecule has 0 unspecified atom stereocenters. The smallest absolute Gasteiger partial charge is 0.115 e. The number of rotatable bonds is 3. The van der Waals surface area contributed by atoms with Gasteiger partial charge < -0.3 is 9.84 Å². The summed E-state index contributed by atoms with van der Waals surface area (Å²) in [5, 5.41) is 9.78. The second-order valence-electron chi connectivity index (χ2n) is 8.28. The molecular formula is C21H30O2. The molecule has 1 aromatic carbocycles. The topological polar surface area (TPSA) is 29.5 Å². The van der Waals surface area contributed by atoms with E-state index in [-0.39, 0.29) is 0 Å². The number of phenolic OH excluding ortho intramolecular Hbond substituents is 1. The van der Waals surface area contributed by atoms with Crippen molar-refractivity contribution in [1.82, 2.24) is 0 Å². The highest BCUT2D eigenvalue weighted by molar-refractivity contribution is 5.40. The lowest BCUT2D eigenvalue weighted by molar-refractivity contribution is -0.0636. The van der Waals surface area contributed by atoms with Gasteiger partial charge in [-0.05, 0) is 91.4 Å². The first-order valence-electron chi connectivity index (χ1n) is 9.57. The highest BCUT2D eigenvalue weighted by Gasteiger charge is 2.55. The van der Waals surface area contributed by atoms with Crippen molar-refractivity contribution in [2.45, 2.75) is 70.8 Å². The largest absolute Gasteiger partial charge is 0.508 e. The van der Waals surface area contributed by atoms with Crippen LogP contribution in [-0.2, 0) is 11.2 Å². The molecule has 2 fully saturated rings. The van der Waals surface area contributed by atoms with Crippen LogP contribution in [0.3, 0.4) is 0 Å². The lowest BCUT2D eigenvalue weighted by atomic mass is 9.55. The molecule has 0 spiro atoms. The van der Waals surface area contributed by atoms with E-state index in [1.165, 1.54) is 43.2 Å². The van der Waals surface area contributed by atoms with E-state index in [2.05, 4.69) is 19.9 Å². The summed E-state index contributed by atoms with van der Waals surface area (Å²) in [6, 6.07) is 6.09. The van der Waals surface area contributed by atoms with Gasteiger partial charge in [0.05, 0.1) is 6.10 Å². The van der Waals surface area contributed by atoms with Crippen molar-refractivity contribution >= 4 is 0 Å². The minimum absolute atomic E-state index is 0.394. The third kappa shape index (κ3) is 2.41. The van der Waals surface area contributed by atoms with Gasteiger partial charge >= 0.3 is 0 Å². The summed E-state index contributed by atoms with van der Waals surface area (Å²) >= 11 is 0. The molecule has 126 valence electrons. The molecule has 4 rings (SSSR count). The van der Waals surface area contributed by atoms with Gasteiger partial charge in [0.15, 0.2) is 0 Å². The monoisotopic (exact) mass is 314 g/mol. The van der Waals surface area contributed by atoms with Crippen LogP contribution in [0.1, 0.15) is 69.4 Å². The molecule has 3 aliphatic rings. The van der Waals surface area contributed by atoms with Crippen molar-refractivity contribution in [1.29, 1.82) is 0 Å². The lowest BCUT2D eigenvalue weighted by Gasteiger charge is -2.50. The van der Waals surface area contributed by atoms with Crippen LogP contribution < -0.4 is 0 Å². The van der Waals surface area contributed by atoms with Crippen LogP contribution in [0.2, 0.25) is 0 Å². The molecule has 0 heterocycles. The van der Waals surface area contributed by atoms with E-state index >= 15 is 0 Å². The quantitative estimate of drug-likeness (QED) is 0.846. The van der Waals surface area contributed by atoms with Crippen molar-refractivity contribution in [2.24, 2.45) is 17.3 Å². The Morgan fingerprint density at radius 1 is 1.22 bits per heavy atom. The Kier molecular flexibility index (Phi) is 3.91. The zero-order valence-corrected chi connectivity index (χ0v) is 14.6. The minimum atomic E-state index is 0.394.